The van der Waals surface area contributed by atoms with Crippen molar-refractivity contribution in [1.82, 2.24) is 10.2 Å². The number of nitrogens with one attached hydrogen (secondary N) is 1. The fourth-order valence-electron chi connectivity index (χ4n) is 3.89. The first kappa shape index (κ1) is 16.8. The molecule has 2 aliphatic rings. The van der Waals surface area contributed by atoms with Crippen LogP contribution in [-0.4, -0.2) is 49.7 Å². The highest BCUT2D eigenvalue weighted by Crippen LogP contribution is 2.46. The number of hydrogen-bond acceptors (Lipinski definition) is 4. The second-order valence-electron chi connectivity index (χ2n) is 6.72. The molecule has 122 valence electrons. The zero-order valence-electron chi connectivity index (χ0n) is 14.0. The van der Waals surface area contributed by atoms with E-state index in [1.54, 1.807) is 0 Å². The predicted molar refractivity (Wildman–Crippen MR) is 85.2 cm³/mol. The summed E-state index contributed by atoms with van der Waals surface area (Å²) < 4.78 is 5.14. The first-order valence-electron chi connectivity index (χ1n) is 8.71. The van der Waals surface area contributed by atoms with Gasteiger partial charge in [0.05, 0.1) is 7.11 Å². The molecule has 0 radical (unpaired) electrons. The van der Waals surface area contributed by atoms with E-state index >= 15 is 0 Å². The van der Waals surface area contributed by atoms with Crippen LogP contribution in [0.25, 0.3) is 0 Å². The van der Waals surface area contributed by atoms with E-state index in [9.17, 15) is 4.79 Å². The highest BCUT2D eigenvalue weighted by Gasteiger charge is 2.46. The standard InChI is InChI=1S/C17H32N2O2/c1-4-19(5-2)12-11-18-17(16(20)21-3)10-6-7-15(13-17)14-8-9-14/h14-15,18H,4-13H2,1-3H3. The molecule has 2 saturated carbocycles. The summed E-state index contributed by atoms with van der Waals surface area (Å²) in [6, 6.07) is 0. The topological polar surface area (TPSA) is 41.6 Å². The van der Waals surface area contributed by atoms with Gasteiger partial charge < -0.3 is 15.0 Å². The van der Waals surface area contributed by atoms with Crippen molar-refractivity contribution in [2.24, 2.45) is 11.8 Å². The van der Waals surface area contributed by atoms with Crippen LogP contribution in [0.1, 0.15) is 52.4 Å². The van der Waals surface area contributed by atoms with Crippen LogP contribution in [0.15, 0.2) is 0 Å². The molecule has 0 spiro atoms. The van der Waals surface area contributed by atoms with Crippen LogP contribution in [-0.2, 0) is 9.53 Å². The van der Waals surface area contributed by atoms with Crippen LogP contribution < -0.4 is 5.32 Å². The summed E-state index contributed by atoms with van der Waals surface area (Å²) in [6.45, 7) is 8.36. The number of esters is 1. The van der Waals surface area contributed by atoms with Gasteiger partial charge in [-0.25, -0.2) is 0 Å². The Labute approximate surface area is 129 Å². The van der Waals surface area contributed by atoms with Crippen LogP contribution in [0.3, 0.4) is 0 Å². The lowest BCUT2D eigenvalue weighted by molar-refractivity contribution is -0.151. The fraction of sp³-hybridized carbons (Fsp3) is 0.941. The van der Waals surface area contributed by atoms with E-state index < -0.39 is 5.54 Å². The van der Waals surface area contributed by atoms with Gasteiger partial charge in [-0.15, -0.1) is 0 Å². The molecule has 0 aromatic heterocycles. The number of nitrogens with zero attached hydrogens (tertiary/aromatic N) is 1. The van der Waals surface area contributed by atoms with Crippen LogP contribution in [0, 0.1) is 11.8 Å². The normalized spacial score (nSPS) is 29.6. The SMILES string of the molecule is CCN(CC)CCNC1(C(=O)OC)CCCC(C2CC2)C1. The molecule has 0 heterocycles. The molecule has 1 N–H and O–H groups in total. The van der Waals surface area contributed by atoms with Crippen molar-refractivity contribution in [2.45, 2.75) is 57.9 Å². The first-order valence-corrected chi connectivity index (χ1v) is 8.71. The second kappa shape index (κ2) is 7.59. The van der Waals surface area contributed by atoms with Crippen molar-refractivity contribution < 1.29 is 9.53 Å². The van der Waals surface area contributed by atoms with Crippen molar-refractivity contribution in [3.8, 4) is 0 Å². The number of rotatable bonds is 8. The summed E-state index contributed by atoms with van der Waals surface area (Å²) >= 11 is 0. The van der Waals surface area contributed by atoms with Crippen LogP contribution in [0.5, 0.6) is 0 Å². The van der Waals surface area contributed by atoms with Crippen molar-refractivity contribution in [3.63, 3.8) is 0 Å². The number of hydrogen-bond donors (Lipinski definition) is 1. The molecule has 2 atom stereocenters. The van der Waals surface area contributed by atoms with Gasteiger partial charge in [0.1, 0.15) is 5.54 Å². The van der Waals surface area contributed by atoms with Gasteiger partial charge in [0.15, 0.2) is 0 Å². The van der Waals surface area contributed by atoms with Crippen LogP contribution in [0.4, 0.5) is 0 Å². The maximum absolute atomic E-state index is 12.4. The van der Waals surface area contributed by atoms with E-state index in [-0.39, 0.29) is 5.97 Å². The van der Waals surface area contributed by atoms with Crippen molar-refractivity contribution >= 4 is 5.97 Å². The number of ether oxygens (including phenoxy) is 1. The second-order valence-corrected chi connectivity index (χ2v) is 6.72. The van der Waals surface area contributed by atoms with E-state index in [1.165, 1.54) is 26.4 Å². The predicted octanol–water partition coefficient (Wildman–Crippen LogP) is 2.43. The van der Waals surface area contributed by atoms with Gasteiger partial charge >= 0.3 is 5.97 Å². The highest BCUT2D eigenvalue weighted by molar-refractivity contribution is 5.81. The number of methoxy groups -OCH3 is 1. The molecule has 0 aromatic rings. The number of carbonyl (C=O) groups is 1. The molecule has 2 unspecified atom stereocenters. The quantitative estimate of drug-likeness (QED) is 0.699. The smallest absolute Gasteiger partial charge is 0.326 e. The number of carbonyl (C=O) groups excluding carboxylic acids is 1. The zero-order chi connectivity index (χ0) is 15.3. The lowest BCUT2D eigenvalue weighted by Crippen LogP contribution is -2.57. The van der Waals surface area contributed by atoms with Gasteiger partial charge in [0.25, 0.3) is 0 Å². The third kappa shape index (κ3) is 4.19. The van der Waals surface area contributed by atoms with Crippen LogP contribution in [0.2, 0.25) is 0 Å². The van der Waals surface area contributed by atoms with Crippen LogP contribution >= 0.6 is 0 Å². The lowest BCUT2D eigenvalue weighted by atomic mass is 9.73. The van der Waals surface area contributed by atoms with Gasteiger partial charge in [-0.1, -0.05) is 26.7 Å². The molecule has 0 aliphatic heterocycles. The Hall–Kier alpha value is -0.610. The van der Waals surface area contributed by atoms with E-state index in [2.05, 4.69) is 24.1 Å². The summed E-state index contributed by atoms with van der Waals surface area (Å²) in [5.74, 6) is 1.55. The number of likely N-dealkylation sites (N-methyl/N-ethyl adjacent to an activating group) is 1. The molecular weight excluding hydrogens is 264 g/mol. The molecule has 2 fully saturated rings. The maximum Gasteiger partial charge on any atom is 0.326 e. The molecule has 0 saturated heterocycles. The Morgan fingerprint density at radius 1 is 1.24 bits per heavy atom. The average molecular weight is 296 g/mol. The van der Waals surface area contributed by atoms with E-state index in [4.69, 9.17) is 4.74 Å². The molecule has 2 aliphatic carbocycles. The molecular formula is C17H32N2O2. The third-order valence-corrected chi connectivity index (χ3v) is 5.44. The summed E-state index contributed by atoms with van der Waals surface area (Å²) in [5.41, 5.74) is -0.423. The molecule has 0 aromatic carbocycles. The first-order chi connectivity index (χ1) is 10.1. The molecule has 21 heavy (non-hydrogen) atoms. The minimum Gasteiger partial charge on any atom is -0.468 e. The molecule has 0 bridgehead atoms. The van der Waals surface area contributed by atoms with Crippen molar-refractivity contribution in [3.05, 3.63) is 0 Å². The van der Waals surface area contributed by atoms with Gasteiger partial charge in [-0.3, -0.25) is 4.79 Å². The van der Waals surface area contributed by atoms with Crippen molar-refractivity contribution in [2.75, 3.05) is 33.3 Å². The van der Waals surface area contributed by atoms with Gasteiger partial charge in [0, 0.05) is 13.1 Å². The van der Waals surface area contributed by atoms with Gasteiger partial charge in [0.2, 0.25) is 0 Å². The van der Waals surface area contributed by atoms with Gasteiger partial charge in [-0.05, 0) is 50.6 Å². The van der Waals surface area contributed by atoms with E-state index in [1.807, 2.05) is 0 Å². The fourth-order valence-corrected chi connectivity index (χ4v) is 3.89. The Morgan fingerprint density at radius 3 is 2.52 bits per heavy atom. The minimum absolute atomic E-state index is 0.0487. The summed E-state index contributed by atoms with van der Waals surface area (Å²) in [7, 11) is 1.52. The van der Waals surface area contributed by atoms with Crippen molar-refractivity contribution in [1.29, 1.82) is 0 Å². The maximum atomic E-state index is 12.4. The summed E-state index contributed by atoms with van der Waals surface area (Å²) in [5, 5.41) is 3.58. The average Bonchev–Trinajstić information content (AvgIpc) is 3.36. The Bertz CT molecular complexity index is 340. The summed E-state index contributed by atoms with van der Waals surface area (Å²) in [4.78, 5) is 14.8. The minimum atomic E-state index is -0.423. The Morgan fingerprint density at radius 2 is 1.95 bits per heavy atom. The monoisotopic (exact) mass is 296 g/mol. The Balaban J connectivity index is 1.94. The van der Waals surface area contributed by atoms with E-state index in [0.29, 0.717) is 0 Å². The molecule has 4 nitrogen and oxygen atoms in total. The lowest BCUT2D eigenvalue weighted by Gasteiger charge is -2.40. The zero-order valence-corrected chi connectivity index (χ0v) is 14.0. The van der Waals surface area contributed by atoms with E-state index in [0.717, 1.165) is 57.3 Å². The highest BCUT2D eigenvalue weighted by atomic mass is 16.5. The summed E-state index contributed by atoms with van der Waals surface area (Å²) in [6.07, 6.45) is 7.07. The molecule has 2 rings (SSSR count). The molecule has 4 heteroatoms. The molecule has 0 amide bonds. The van der Waals surface area contributed by atoms with Gasteiger partial charge in [-0.2, -0.15) is 0 Å². The Kier molecular flexibility index (Phi) is 6.06. The third-order valence-electron chi connectivity index (χ3n) is 5.44. The largest absolute Gasteiger partial charge is 0.468 e.